The normalized spacial score (nSPS) is 10.3. The molecule has 0 spiro atoms. The molecule has 0 saturated carbocycles. The van der Waals surface area contributed by atoms with Crippen molar-refractivity contribution < 1.29 is 9.53 Å². The Morgan fingerprint density at radius 2 is 1.60 bits per heavy atom. The van der Waals surface area contributed by atoms with E-state index in [9.17, 15) is 4.79 Å². The summed E-state index contributed by atoms with van der Waals surface area (Å²) in [6, 6.07) is 23.1. The van der Waals surface area contributed by atoms with Crippen LogP contribution in [0.25, 0.3) is 0 Å². The largest absolute Gasteiger partial charge is 0.489 e. The molecule has 0 heterocycles. The molecule has 1 N–H and O–H groups in total. The van der Waals surface area contributed by atoms with E-state index in [4.69, 9.17) is 4.74 Å². The van der Waals surface area contributed by atoms with Crippen LogP contribution in [0.1, 0.15) is 27.0 Å². The van der Waals surface area contributed by atoms with Crippen LogP contribution in [0.2, 0.25) is 0 Å². The topological polar surface area (TPSA) is 38.3 Å². The van der Waals surface area contributed by atoms with E-state index in [0.717, 1.165) is 22.6 Å². The molecule has 126 valence electrons. The summed E-state index contributed by atoms with van der Waals surface area (Å²) < 4.78 is 5.74. The first-order valence-corrected chi connectivity index (χ1v) is 8.27. The average molecular weight is 331 g/mol. The lowest BCUT2D eigenvalue weighted by Crippen LogP contribution is -2.12. The van der Waals surface area contributed by atoms with E-state index < -0.39 is 0 Å². The fourth-order valence-corrected chi connectivity index (χ4v) is 2.47. The second-order valence-corrected chi connectivity index (χ2v) is 6.05. The molecule has 3 rings (SSSR count). The lowest BCUT2D eigenvalue weighted by molar-refractivity contribution is 0.102. The van der Waals surface area contributed by atoms with Crippen LogP contribution in [0.3, 0.4) is 0 Å². The number of carbonyl (C=O) groups excluding carboxylic acids is 1. The Bertz CT molecular complexity index is 855. The molecular weight excluding hydrogens is 310 g/mol. The van der Waals surface area contributed by atoms with Gasteiger partial charge in [-0.3, -0.25) is 4.79 Å². The van der Waals surface area contributed by atoms with Crippen LogP contribution in [0, 0.1) is 13.8 Å². The zero-order valence-electron chi connectivity index (χ0n) is 14.5. The van der Waals surface area contributed by atoms with Crippen LogP contribution in [0.15, 0.2) is 72.8 Å². The molecule has 0 aliphatic carbocycles. The van der Waals surface area contributed by atoms with Gasteiger partial charge in [0.05, 0.1) is 0 Å². The summed E-state index contributed by atoms with van der Waals surface area (Å²) >= 11 is 0. The Balaban J connectivity index is 1.61. The molecule has 3 nitrogen and oxygen atoms in total. The van der Waals surface area contributed by atoms with Crippen molar-refractivity contribution in [2.24, 2.45) is 0 Å². The molecule has 3 heteroatoms. The zero-order chi connectivity index (χ0) is 17.6. The monoisotopic (exact) mass is 331 g/mol. The minimum Gasteiger partial charge on any atom is -0.489 e. The molecule has 0 bridgehead atoms. The van der Waals surface area contributed by atoms with Gasteiger partial charge in [-0.05, 0) is 66.9 Å². The van der Waals surface area contributed by atoms with E-state index in [2.05, 4.69) is 12.2 Å². The predicted octanol–water partition coefficient (Wildman–Crippen LogP) is 5.13. The Hall–Kier alpha value is -3.07. The van der Waals surface area contributed by atoms with Crippen molar-refractivity contribution in [3.8, 4) is 5.75 Å². The van der Waals surface area contributed by atoms with Gasteiger partial charge in [0.15, 0.2) is 0 Å². The maximum atomic E-state index is 12.3. The van der Waals surface area contributed by atoms with Crippen LogP contribution < -0.4 is 10.1 Å². The fraction of sp³-hybridized carbons (Fsp3) is 0.136. The van der Waals surface area contributed by atoms with E-state index >= 15 is 0 Å². The summed E-state index contributed by atoms with van der Waals surface area (Å²) in [6.07, 6.45) is 0. The molecule has 0 unspecified atom stereocenters. The molecule has 0 aromatic heterocycles. The van der Waals surface area contributed by atoms with Crippen molar-refractivity contribution in [1.29, 1.82) is 0 Å². The van der Waals surface area contributed by atoms with Crippen LogP contribution in [-0.2, 0) is 6.61 Å². The number of benzene rings is 3. The molecule has 0 saturated heterocycles. The minimum absolute atomic E-state index is 0.127. The summed E-state index contributed by atoms with van der Waals surface area (Å²) in [5, 5.41) is 2.92. The van der Waals surface area contributed by atoms with E-state index in [1.54, 1.807) is 12.1 Å². The lowest BCUT2D eigenvalue weighted by atomic mass is 10.1. The Labute approximate surface area is 148 Å². The van der Waals surface area contributed by atoms with Gasteiger partial charge in [0.1, 0.15) is 12.4 Å². The minimum atomic E-state index is -0.127. The summed E-state index contributed by atoms with van der Waals surface area (Å²) in [5.41, 5.74) is 4.88. The second kappa shape index (κ2) is 7.67. The van der Waals surface area contributed by atoms with Crippen molar-refractivity contribution in [2.75, 3.05) is 5.32 Å². The highest BCUT2D eigenvalue weighted by Crippen LogP contribution is 2.17. The van der Waals surface area contributed by atoms with Gasteiger partial charge in [0, 0.05) is 11.3 Å². The van der Waals surface area contributed by atoms with Gasteiger partial charge in [-0.25, -0.2) is 0 Å². The Morgan fingerprint density at radius 1 is 0.880 bits per heavy atom. The lowest BCUT2D eigenvalue weighted by Gasteiger charge is -2.09. The molecule has 0 aliphatic heterocycles. The molecule has 3 aromatic rings. The Kier molecular flexibility index (Phi) is 5.14. The van der Waals surface area contributed by atoms with Crippen LogP contribution in [0.5, 0.6) is 5.75 Å². The second-order valence-electron chi connectivity index (χ2n) is 6.05. The van der Waals surface area contributed by atoms with Gasteiger partial charge in [-0.15, -0.1) is 0 Å². The van der Waals surface area contributed by atoms with E-state index in [-0.39, 0.29) is 5.91 Å². The summed E-state index contributed by atoms with van der Waals surface area (Å²) in [5.74, 6) is 0.615. The van der Waals surface area contributed by atoms with Crippen molar-refractivity contribution in [2.45, 2.75) is 20.5 Å². The fourth-order valence-electron chi connectivity index (χ4n) is 2.47. The third kappa shape index (κ3) is 4.48. The highest BCUT2D eigenvalue weighted by molar-refractivity contribution is 6.04. The van der Waals surface area contributed by atoms with Gasteiger partial charge in [-0.2, -0.15) is 0 Å². The number of carbonyl (C=O) groups is 1. The highest BCUT2D eigenvalue weighted by atomic mass is 16.5. The molecule has 0 aliphatic rings. The van der Waals surface area contributed by atoms with Crippen LogP contribution >= 0.6 is 0 Å². The van der Waals surface area contributed by atoms with Crippen molar-refractivity contribution in [1.82, 2.24) is 0 Å². The summed E-state index contributed by atoms with van der Waals surface area (Å²) in [6.45, 7) is 4.59. The van der Waals surface area contributed by atoms with E-state index in [1.807, 2.05) is 67.6 Å². The van der Waals surface area contributed by atoms with Crippen molar-refractivity contribution in [3.63, 3.8) is 0 Å². The Morgan fingerprint density at radius 3 is 2.28 bits per heavy atom. The third-order valence-electron chi connectivity index (χ3n) is 4.13. The molecular formula is C22H21NO2. The first-order chi connectivity index (χ1) is 12.1. The molecule has 0 radical (unpaired) electrons. The number of hydrogen-bond acceptors (Lipinski definition) is 2. The number of hydrogen-bond donors (Lipinski definition) is 1. The molecule has 1 amide bonds. The molecule has 0 atom stereocenters. The van der Waals surface area contributed by atoms with Gasteiger partial charge in [0.2, 0.25) is 0 Å². The standard InChI is InChI=1S/C22H21NO2/c1-16-8-11-20(14-17(16)2)23-22(24)19-9-12-21(13-10-19)25-15-18-6-4-3-5-7-18/h3-14H,15H2,1-2H3,(H,23,24). The molecule has 3 aromatic carbocycles. The number of nitrogens with one attached hydrogen (secondary N) is 1. The average Bonchev–Trinajstić information content (AvgIpc) is 2.64. The summed E-state index contributed by atoms with van der Waals surface area (Å²) in [7, 11) is 0. The smallest absolute Gasteiger partial charge is 0.255 e. The quantitative estimate of drug-likeness (QED) is 0.703. The number of anilines is 1. The first-order valence-electron chi connectivity index (χ1n) is 8.27. The number of amides is 1. The number of rotatable bonds is 5. The third-order valence-corrected chi connectivity index (χ3v) is 4.13. The van der Waals surface area contributed by atoms with Crippen LogP contribution in [-0.4, -0.2) is 5.91 Å². The SMILES string of the molecule is Cc1ccc(NC(=O)c2ccc(OCc3ccccc3)cc2)cc1C. The molecule has 0 fully saturated rings. The molecule has 25 heavy (non-hydrogen) atoms. The van der Waals surface area contributed by atoms with Crippen molar-refractivity contribution in [3.05, 3.63) is 95.1 Å². The number of aryl methyl sites for hydroxylation is 2. The van der Waals surface area contributed by atoms with Gasteiger partial charge in [-0.1, -0.05) is 36.4 Å². The maximum absolute atomic E-state index is 12.3. The number of ether oxygens (including phenoxy) is 1. The van der Waals surface area contributed by atoms with Gasteiger partial charge < -0.3 is 10.1 Å². The highest BCUT2D eigenvalue weighted by Gasteiger charge is 2.07. The van der Waals surface area contributed by atoms with E-state index in [0.29, 0.717) is 12.2 Å². The zero-order valence-corrected chi connectivity index (χ0v) is 14.5. The van der Waals surface area contributed by atoms with Gasteiger partial charge in [0.25, 0.3) is 5.91 Å². The first kappa shape index (κ1) is 16.8. The predicted molar refractivity (Wildman–Crippen MR) is 101 cm³/mol. The van der Waals surface area contributed by atoms with Gasteiger partial charge >= 0.3 is 0 Å². The van der Waals surface area contributed by atoms with Crippen LogP contribution in [0.4, 0.5) is 5.69 Å². The summed E-state index contributed by atoms with van der Waals surface area (Å²) in [4.78, 5) is 12.3. The maximum Gasteiger partial charge on any atom is 0.255 e. The van der Waals surface area contributed by atoms with Crippen molar-refractivity contribution >= 4 is 11.6 Å². The van der Waals surface area contributed by atoms with E-state index in [1.165, 1.54) is 5.56 Å².